The Morgan fingerprint density at radius 2 is 2.06 bits per heavy atom. The summed E-state index contributed by atoms with van der Waals surface area (Å²) in [5.74, 6) is 0.563. The lowest BCUT2D eigenvalue weighted by Gasteiger charge is -2.08. The van der Waals surface area contributed by atoms with Gasteiger partial charge in [0.05, 0.1) is 11.0 Å². The van der Waals surface area contributed by atoms with Crippen LogP contribution in [0.4, 0.5) is 0 Å². The van der Waals surface area contributed by atoms with Crippen LogP contribution in [-0.4, -0.2) is 21.1 Å². The molecule has 0 N–H and O–H groups in total. The van der Waals surface area contributed by atoms with Gasteiger partial charge in [0.2, 0.25) is 5.28 Å². The van der Waals surface area contributed by atoms with Gasteiger partial charge in [-0.25, -0.2) is 0 Å². The van der Waals surface area contributed by atoms with Crippen LogP contribution < -0.4 is 4.74 Å². The summed E-state index contributed by atoms with van der Waals surface area (Å²) in [5, 5.41) is 2.14. The Balaban J connectivity index is 2.42. The minimum Gasteiger partial charge on any atom is -0.461 e. The second kappa shape index (κ2) is 4.98. The predicted molar refractivity (Wildman–Crippen MR) is 68.7 cm³/mol. The lowest BCUT2D eigenvalue weighted by molar-refractivity contribution is 0.222. The number of hydrogen-bond acceptors (Lipinski definition) is 5. The lowest BCUT2D eigenvalue weighted by atomic mass is 10.3. The van der Waals surface area contributed by atoms with Gasteiger partial charge in [-0.3, -0.25) is 0 Å². The summed E-state index contributed by atoms with van der Waals surface area (Å²) >= 11 is 7.44. The molecule has 0 aliphatic heterocycles. The molecule has 6 heteroatoms. The Morgan fingerprint density at radius 3 is 2.65 bits per heavy atom. The fourth-order valence-corrected chi connectivity index (χ4v) is 2.31. The van der Waals surface area contributed by atoms with E-state index in [0.717, 1.165) is 10.4 Å². The molecule has 0 aromatic carbocycles. The van der Waals surface area contributed by atoms with Crippen molar-refractivity contribution in [3.8, 4) is 16.7 Å². The average molecular weight is 270 g/mol. The minimum atomic E-state index is 0.00532. The highest BCUT2D eigenvalue weighted by atomic mass is 35.5. The van der Waals surface area contributed by atoms with Crippen molar-refractivity contribution in [2.24, 2.45) is 0 Å². The number of thiophene rings is 1. The molecule has 0 saturated carbocycles. The number of rotatable bonds is 3. The zero-order valence-electron chi connectivity index (χ0n) is 9.77. The highest BCUT2D eigenvalue weighted by Gasteiger charge is 2.12. The van der Waals surface area contributed by atoms with Gasteiger partial charge in [-0.2, -0.15) is 15.0 Å². The molecule has 2 heterocycles. The first-order valence-corrected chi connectivity index (χ1v) is 6.44. The van der Waals surface area contributed by atoms with Gasteiger partial charge in [0.25, 0.3) is 0 Å². The molecule has 0 unspecified atom stereocenters. The topological polar surface area (TPSA) is 47.9 Å². The van der Waals surface area contributed by atoms with E-state index in [4.69, 9.17) is 16.3 Å². The van der Waals surface area contributed by atoms with Gasteiger partial charge in [-0.15, -0.1) is 11.3 Å². The maximum absolute atomic E-state index is 5.87. The Morgan fingerprint density at radius 1 is 1.29 bits per heavy atom. The van der Waals surface area contributed by atoms with Crippen LogP contribution in [0.1, 0.15) is 19.4 Å². The quantitative estimate of drug-likeness (QED) is 0.857. The highest BCUT2D eigenvalue weighted by Crippen LogP contribution is 2.27. The van der Waals surface area contributed by atoms with Crippen LogP contribution in [0.25, 0.3) is 10.7 Å². The van der Waals surface area contributed by atoms with Crippen LogP contribution in [0.5, 0.6) is 6.01 Å². The third-order valence-corrected chi connectivity index (χ3v) is 3.18. The van der Waals surface area contributed by atoms with Crippen molar-refractivity contribution in [2.75, 3.05) is 0 Å². The van der Waals surface area contributed by atoms with Crippen molar-refractivity contribution in [3.63, 3.8) is 0 Å². The molecule has 2 aromatic heterocycles. The van der Waals surface area contributed by atoms with Crippen molar-refractivity contribution in [2.45, 2.75) is 26.9 Å². The van der Waals surface area contributed by atoms with Crippen molar-refractivity contribution in [1.82, 2.24) is 15.0 Å². The number of nitrogens with zero attached hydrogens (tertiary/aromatic N) is 3. The maximum Gasteiger partial charge on any atom is 0.321 e. The number of aryl methyl sites for hydroxylation is 1. The number of ether oxygens (including phenoxy) is 1. The van der Waals surface area contributed by atoms with Gasteiger partial charge in [0.1, 0.15) is 0 Å². The molecule has 0 saturated heterocycles. The molecule has 2 aromatic rings. The average Bonchev–Trinajstić information content (AvgIpc) is 2.62. The summed E-state index contributed by atoms with van der Waals surface area (Å²) in [7, 11) is 0. The first kappa shape index (κ1) is 12.3. The largest absolute Gasteiger partial charge is 0.461 e. The molecule has 0 aliphatic rings. The van der Waals surface area contributed by atoms with Crippen molar-refractivity contribution in [3.05, 3.63) is 22.3 Å². The molecular formula is C11H12ClN3OS. The van der Waals surface area contributed by atoms with Crippen LogP contribution in [0.15, 0.2) is 11.4 Å². The van der Waals surface area contributed by atoms with Crippen LogP contribution in [0.3, 0.4) is 0 Å². The lowest BCUT2D eigenvalue weighted by Crippen LogP contribution is -2.09. The summed E-state index contributed by atoms with van der Waals surface area (Å²) < 4.78 is 5.43. The molecule has 2 rings (SSSR count). The Hall–Kier alpha value is -1.20. The van der Waals surface area contributed by atoms with Gasteiger partial charge in [0.15, 0.2) is 5.82 Å². The summed E-state index contributed by atoms with van der Waals surface area (Å²) in [6, 6.07) is 2.28. The van der Waals surface area contributed by atoms with E-state index in [0.29, 0.717) is 5.82 Å². The van der Waals surface area contributed by atoms with Gasteiger partial charge in [-0.05, 0) is 49.4 Å². The molecule has 0 radical (unpaired) electrons. The zero-order chi connectivity index (χ0) is 12.4. The fourth-order valence-electron chi connectivity index (χ4n) is 1.30. The first-order chi connectivity index (χ1) is 8.06. The highest BCUT2D eigenvalue weighted by molar-refractivity contribution is 7.13. The number of aromatic nitrogens is 3. The number of hydrogen-bond donors (Lipinski definition) is 0. The second-order valence-corrected chi connectivity index (χ2v) is 5.06. The molecule has 0 fully saturated rings. The van der Waals surface area contributed by atoms with E-state index in [1.54, 1.807) is 11.3 Å². The van der Waals surface area contributed by atoms with E-state index in [-0.39, 0.29) is 17.4 Å². The standard InChI is InChI=1S/C11H12ClN3OS/c1-6(2)16-11-14-9(13-10(12)15-11)8-7(3)4-5-17-8/h4-6H,1-3H3. The SMILES string of the molecule is Cc1ccsc1-c1nc(Cl)nc(OC(C)C)n1. The molecule has 90 valence electrons. The minimum absolute atomic E-state index is 0.00532. The first-order valence-electron chi connectivity index (χ1n) is 5.19. The molecule has 0 spiro atoms. The summed E-state index contributed by atoms with van der Waals surface area (Å²) in [5.41, 5.74) is 1.12. The van der Waals surface area contributed by atoms with E-state index in [2.05, 4.69) is 15.0 Å². The maximum atomic E-state index is 5.87. The Kier molecular flexibility index (Phi) is 3.59. The van der Waals surface area contributed by atoms with Crippen LogP contribution in [-0.2, 0) is 0 Å². The molecular weight excluding hydrogens is 258 g/mol. The van der Waals surface area contributed by atoms with E-state index in [1.165, 1.54) is 0 Å². The van der Waals surface area contributed by atoms with Crippen LogP contribution in [0, 0.1) is 6.92 Å². The van der Waals surface area contributed by atoms with Crippen molar-refractivity contribution < 1.29 is 4.74 Å². The van der Waals surface area contributed by atoms with Crippen molar-refractivity contribution >= 4 is 22.9 Å². The normalized spacial score (nSPS) is 10.9. The summed E-state index contributed by atoms with van der Waals surface area (Å²) in [6.07, 6.45) is 0.00532. The van der Waals surface area contributed by atoms with Gasteiger partial charge >= 0.3 is 6.01 Å². The van der Waals surface area contributed by atoms with Crippen LogP contribution >= 0.6 is 22.9 Å². The smallest absolute Gasteiger partial charge is 0.321 e. The van der Waals surface area contributed by atoms with Gasteiger partial charge in [0, 0.05) is 0 Å². The zero-order valence-corrected chi connectivity index (χ0v) is 11.3. The molecule has 0 amide bonds. The third kappa shape index (κ3) is 2.92. The molecule has 0 atom stereocenters. The number of halogens is 1. The fraction of sp³-hybridized carbons (Fsp3) is 0.364. The summed E-state index contributed by atoms with van der Waals surface area (Å²) in [4.78, 5) is 13.3. The third-order valence-electron chi connectivity index (χ3n) is 1.99. The predicted octanol–water partition coefficient (Wildman–Crippen LogP) is 3.35. The van der Waals surface area contributed by atoms with E-state index in [9.17, 15) is 0 Å². The Labute approximate surface area is 109 Å². The molecule has 0 aliphatic carbocycles. The van der Waals surface area contributed by atoms with Crippen LogP contribution in [0.2, 0.25) is 5.28 Å². The van der Waals surface area contributed by atoms with E-state index < -0.39 is 0 Å². The molecule has 17 heavy (non-hydrogen) atoms. The Bertz CT molecular complexity index is 527. The van der Waals surface area contributed by atoms with E-state index in [1.807, 2.05) is 32.2 Å². The second-order valence-electron chi connectivity index (χ2n) is 3.81. The molecule has 4 nitrogen and oxygen atoms in total. The molecule has 0 bridgehead atoms. The van der Waals surface area contributed by atoms with E-state index >= 15 is 0 Å². The van der Waals surface area contributed by atoms with Gasteiger partial charge < -0.3 is 4.74 Å². The van der Waals surface area contributed by atoms with Crippen molar-refractivity contribution in [1.29, 1.82) is 0 Å². The van der Waals surface area contributed by atoms with Gasteiger partial charge in [-0.1, -0.05) is 0 Å². The summed E-state index contributed by atoms with van der Waals surface area (Å²) in [6.45, 7) is 5.83. The monoisotopic (exact) mass is 269 g/mol.